The van der Waals surface area contributed by atoms with Gasteiger partial charge in [-0.2, -0.15) is 0 Å². The maximum absolute atomic E-state index is 11.0. The average molecular weight is 166 g/mol. The highest BCUT2D eigenvalue weighted by molar-refractivity contribution is 5.91. The van der Waals surface area contributed by atoms with Gasteiger partial charge in [0.15, 0.2) is 0 Å². The summed E-state index contributed by atoms with van der Waals surface area (Å²) in [4.78, 5) is 11.0. The van der Waals surface area contributed by atoms with E-state index in [2.05, 4.69) is 11.3 Å². The Morgan fingerprint density at radius 2 is 2.25 bits per heavy atom. The Kier molecular flexibility index (Phi) is 5.70. The van der Waals surface area contributed by atoms with E-state index >= 15 is 0 Å². The molecule has 2 heteroatoms. The fraction of sp³-hybridized carbons (Fsp3) is 0.300. The summed E-state index contributed by atoms with van der Waals surface area (Å²) in [7, 11) is 1.37. The van der Waals surface area contributed by atoms with E-state index in [1.165, 1.54) is 7.11 Å². The summed E-state index contributed by atoms with van der Waals surface area (Å²) in [5.74, 6) is -0.310. The van der Waals surface area contributed by atoms with Crippen LogP contribution in [0.25, 0.3) is 0 Å². The molecular weight excluding hydrogens is 152 g/mol. The van der Waals surface area contributed by atoms with E-state index in [4.69, 9.17) is 0 Å². The molecule has 0 radical (unpaired) electrons. The fourth-order valence-corrected chi connectivity index (χ4v) is 0.727. The van der Waals surface area contributed by atoms with E-state index in [0.29, 0.717) is 12.0 Å². The van der Waals surface area contributed by atoms with Crippen LogP contribution < -0.4 is 0 Å². The molecule has 66 valence electrons. The molecule has 0 aromatic heterocycles. The van der Waals surface area contributed by atoms with E-state index in [1.807, 2.05) is 6.92 Å². The normalized spacial score (nSPS) is 11.7. The number of hydrogen-bond donors (Lipinski definition) is 0. The van der Waals surface area contributed by atoms with Gasteiger partial charge in [-0.15, -0.1) is 6.58 Å². The zero-order valence-corrected chi connectivity index (χ0v) is 7.54. The molecule has 2 nitrogen and oxygen atoms in total. The molecule has 0 heterocycles. The van der Waals surface area contributed by atoms with Crippen LogP contribution in [0.1, 0.15) is 13.3 Å². The van der Waals surface area contributed by atoms with Gasteiger partial charge in [0.25, 0.3) is 0 Å². The average Bonchev–Trinajstić information content (AvgIpc) is 2.11. The molecule has 0 fully saturated rings. The van der Waals surface area contributed by atoms with Crippen LogP contribution in [0.2, 0.25) is 0 Å². The van der Waals surface area contributed by atoms with Gasteiger partial charge < -0.3 is 4.74 Å². The third kappa shape index (κ3) is 3.76. The number of rotatable bonds is 4. The van der Waals surface area contributed by atoms with E-state index in [9.17, 15) is 4.79 Å². The van der Waals surface area contributed by atoms with Crippen molar-refractivity contribution < 1.29 is 9.53 Å². The summed E-state index contributed by atoms with van der Waals surface area (Å²) < 4.78 is 4.57. The molecule has 0 amide bonds. The van der Waals surface area contributed by atoms with Crippen LogP contribution in [-0.2, 0) is 9.53 Å². The van der Waals surface area contributed by atoms with E-state index in [1.54, 1.807) is 24.3 Å². The van der Waals surface area contributed by atoms with Crippen molar-refractivity contribution in [1.82, 2.24) is 0 Å². The molecule has 12 heavy (non-hydrogen) atoms. The number of ether oxygens (including phenoxy) is 1. The van der Waals surface area contributed by atoms with Gasteiger partial charge in [-0.3, -0.25) is 0 Å². The van der Waals surface area contributed by atoms with Crippen LogP contribution in [0, 0.1) is 0 Å². The van der Waals surface area contributed by atoms with E-state index in [-0.39, 0.29) is 5.97 Å². The van der Waals surface area contributed by atoms with Gasteiger partial charge in [-0.05, 0) is 13.3 Å². The predicted octanol–water partition coefficient (Wildman–Crippen LogP) is 2.24. The second-order valence-electron chi connectivity index (χ2n) is 2.18. The van der Waals surface area contributed by atoms with Gasteiger partial charge in [0.2, 0.25) is 0 Å². The lowest BCUT2D eigenvalue weighted by molar-refractivity contribution is -0.135. The van der Waals surface area contributed by atoms with Gasteiger partial charge in [-0.1, -0.05) is 24.3 Å². The maximum atomic E-state index is 11.0. The van der Waals surface area contributed by atoms with Crippen molar-refractivity contribution in [1.29, 1.82) is 0 Å². The molecule has 0 aliphatic heterocycles. The highest BCUT2D eigenvalue weighted by Crippen LogP contribution is 2.01. The highest BCUT2D eigenvalue weighted by Gasteiger charge is 2.03. The largest absolute Gasteiger partial charge is 0.465 e. The van der Waals surface area contributed by atoms with Crippen molar-refractivity contribution in [2.24, 2.45) is 0 Å². The first kappa shape index (κ1) is 10.7. The zero-order valence-electron chi connectivity index (χ0n) is 7.54. The zero-order chi connectivity index (χ0) is 9.40. The summed E-state index contributed by atoms with van der Waals surface area (Å²) in [6.45, 7) is 5.41. The third-order valence-electron chi connectivity index (χ3n) is 1.27. The second-order valence-corrected chi connectivity index (χ2v) is 2.18. The van der Waals surface area contributed by atoms with Crippen LogP contribution in [0.4, 0.5) is 0 Å². The Hall–Kier alpha value is -1.31. The highest BCUT2D eigenvalue weighted by atomic mass is 16.5. The number of hydrogen-bond acceptors (Lipinski definition) is 2. The van der Waals surface area contributed by atoms with E-state index < -0.39 is 0 Å². The number of carbonyl (C=O) groups is 1. The maximum Gasteiger partial charge on any atom is 0.337 e. The molecule has 0 aliphatic rings. The van der Waals surface area contributed by atoms with Crippen molar-refractivity contribution in [3.8, 4) is 0 Å². The molecule has 0 N–H and O–H groups in total. The van der Waals surface area contributed by atoms with Crippen molar-refractivity contribution >= 4 is 5.97 Å². The monoisotopic (exact) mass is 166 g/mol. The number of methoxy groups -OCH3 is 1. The molecular formula is C10H14O2. The lowest BCUT2D eigenvalue weighted by Crippen LogP contribution is -2.02. The molecule has 0 rings (SSSR count). The summed E-state index contributed by atoms with van der Waals surface area (Å²) in [5, 5.41) is 0. The minimum atomic E-state index is -0.310. The SMILES string of the molecule is C=CC/C=C(\C=C/C)C(=O)OC. The molecule has 0 saturated carbocycles. The first-order valence-corrected chi connectivity index (χ1v) is 3.78. The Balaban J connectivity index is 4.41. The minimum absolute atomic E-state index is 0.310. The minimum Gasteiger partial charge on any atom is -0.465 e. The molecule has 0 aliphatic carbocycles. The Morgan fingerprint density at radius 1 is 1.58 bits per heavy atom. The number of esters is 1. The van der Waals surface area contributed by atoms with E-state index in [0.717, 1.165) is 0 Å². The van der Waals surface area contributed by atoms with Gasteiger partial charge in [-0.25, -0.2) is 4.79 Å². The quantitative estimate of drug-likeness (QED) is 0.277. The smallest absolute Gasteiger partial charge is 0.337 e. The molecule has 0 aromatic rings. The van der Waals surface area contributed by atoms with Crippen molar-refractivity contribution in [2.45, 2.75) is 13.3 Å². The summed E-state index contributed by atoms with van der Waals surface area (Å²) in [5.41, 5.74) is 0.569. The number of carbonyl (C=O) groups excluding carboxylic acids is 1. The third-order valence-corrected chi connectivity index (χ3v) is 1.27. The van der Waals surface area contributed by atoms with Gasteiger partial charge in [0.05, 0.1) is 12.7 Å². The summed E-state index contributed by atoms with van der Waals surface area (Å²) >= 11 is 0. The van der Waals surface area contributed by atoms with Gasteiger partial charge in [0, 0.05) is 0 Å². The molecule has 0 spiro atoms. The van der Waals surface area contributed by atoms with Gasteiger partial charge in [0.1, 0.15) is 0 Å². The standard InChI is InChI=1S/C10H14O2/c1-4-6-8-9(7-5-2)10(11)12-3/h4-5,7-8H,1,6H2,2-3H3/b7-5-,9-8+. The van der Waals surface area contributed by atoms with Crippen LogP contribution in [0.15, 0.2) is 36.5 Å². The van der Waals surface area contributed by atoms with Crippen LogP contribution in [-0.4, -0.2) is 13.1 Å². The molecule has 0 bridgehead atoms. The molecule has 0 atom stereocenters. The topological polar surface area (TPSA) is 26.3 Å². The Morgan fingerprint density at radius 3 is 2.67 bits per heavy atom. The summed E-state index contributed by atoms with van der Waals surface area (Å²) in [6.07, 6.45) is 7.70. The van der Waals surface area contributed by atoms with Crippen LogP contribution in [0.5, 0.6) is 0 Å². The Labute approximate surface area is 73.2 Å². The van der Waals surface area contributed by atoms with Gasteiger partial charge >= 0.3 is 5.97 Å². The van der Waals surface area contributed by atoms with Crippen LogP contribution in [0.3, 0.4) is 0 Å². The lowest BCUT2D eigenvalue weighted by atomic mass is 10.2. The first-order valence-electron chi connectivity index (χ1n) is 3.78. The predicted molar refractivity (Wildman–Crippen MR) is 49.7 cm³/mol. The number of allylic oxidation sites excluding steroid dienone is 3. The Bertz CT molecular complexity index is 212. The molecule has 0 unspecified atom stereocenters. The summed E-state index contributed by atoms with van der Waals surface area (Å²) in [6, 6.07) is 0. The van der Waals surface area contributed by atoms with Crippen molar-refractivity contribution in [3.63, 3.8) is 0 Å². The van der Waals surface area contributed by atoms with Crippen molar-refractivity contribution in [2.75, 3.05) is 7.11 Å². The van der Waals surface area contributed by atoms with Crippen molar-refractivity contribution in [3.05, 3.63) is 36.5 Å². The lowest BCUT2D eigenvalue weighted by Gasteiger charge is -1.97. The van der Waals surface area contributed by atoms with Crippen LogP contribution >= 0.6 is 0 Å². The second kappa shape index (κ2) is 6.40. The fourth-order valence-electron chi connectivity index (χ4n) is 0.727. The molecule has 0 aromatic carbocycles. The molecule has 0 saturated heterocycles. The first-order chi connectivity index (χ1) is 5.76.